The Morgan fingerprint density at radius 2 is 2.19 bits per heavy atom. The fourth-order valence-corrected chi connectivity index (χ4v) is 4.04. The second-order valence-electron chi connectivity index (χ2n) is 7.53. The molecule has 2 aromatic heterocycles. The molecule has 2 aliphatic heterocycles. The Bertz CT molecular complexity index is 761. The Morgan fingerprint density at radius 3 is 3.04 bits per heavy atom. The summed E-state index contributed by atoms with van der Waals surface area (Å²) < 4.78 is 2.16. The van der Waals surface area contributed by atoms with E-state index in [-0.39, 0.29) is 11.8 Å². The van der Waals surface area contributed by atoms with Crippen LogP contribution in [0.25, 0.3) is 0 Å². The van der Waals surface area contributed by atoms with Crippen molar-refractivity contribution >= 4 is 11.7 Å². The summed E-state index contributed by atoms with van der Waals surface area (Å²) in [5.41, 5.74) is 3.42. The van der Waals surface area contributed by atoms with Crippen LogP contribution in [-0.4, -0.2) is 38.7 Å². The van der Waals surface area contributed by atoms with E-state index in [4.69, 9.17) is 5.10 Å². The highest BCUT2D eigenvalue weighted by Gasteiger charge is 2.27. The van der Waals surface area contributed by atoms with Crippen molar-refractivity contribution in [2.75, 3.05) is 18.4 Å². The largest absolute Gasteiger partial charge is 0.310 e. The van der Waals surface area contributed by atoms with Crippen molar-refractivity contribution in [1.82, 2.24) is 19.7 Å². The first-order valence-corrected chi connectivity index (χ1v) is 9.70. The number of nitrogens with zero attached hydrogens (tertiary/aromatic N) is 4. The molecule has 0 aromatic carbocycles. The van der Waals surface area contributed by atoms with Crippen LogP contribution in [0.4, 0.5) is 5.82 Å². The highest BCUT2D eigenvalue weighted by atomic mass is 16.2. The van der Waals surface area contributed by atoms with Gasteiger partial charge in [0.15, 0.2) is 0 Å². The Hall–Kier alpha value is -2.21. The summed E-state index contributed by atoms with van der Waals surface area (Å²) in [6.07, 6.45) is 5.62. The van der Waals surface area contributed by atoms with Crippen LogP contribution in [0.15, 0.2) is 24.3 Å². The number of likely N-dealkylation sites (tertiary alicyclic amines) is 1. The molecule has 0 radical (unpaired) electrons. The van der Waals surface area contributed by atoms with Crippen LogP contribution in [0, 0.1) is 12.8 Å². The van der Waals surface area contributed by atoms with E-state index in [1.54, 1.807) is 0 Å². The topological polar surface area (TPSA) is 63.1 Å². The first-order chi connectivity index (χ1) is 12.7. The van der Waals surface area contributed by atoms with Crippen molar-refractivity contribution in [3.8, 4) is 0 Å². The summed E-state index contributed by atoms with van der Waals surface area (Å²) in [4.78, 5) is 19.4. The number of carbonyl (C=O) groups excluding carboxylic acids is 1. The first kappa shape index (κ1) is 17.2. The molecule has 1 N–H and O–H groups in total. The summed E-state index contributed by atoms with van der Waals surface area (Å²) in [7, 11) is 0. The summed E-state index contributed by atoms with van der Waals surface area (Å²) in [5, 5.41) is 7.74. The number of fused-ring (bicyclic) bond motifs is 1. The molecule has 4 rings (SSSR count). The van der Waals surface area contributed by atoms with Crippen LogP contribution in [0.5, 0.6) is 0 Å². The van der Waals surface area contributed by atoms with E-state index in [2.05, 4.69) is 25.9 Å². The maximum atomic E-state index is 12.6. The average molecular weight is 353 g/mol. The smallest absolute Gasteiger partial charge is 0.229 e. The van der Waals surface area contributed by atoms with E-state index < -0.39 is 0 Å². The summed E-state index contributed by atoms with van der Waals surface area (Å²) >= 11 is 0. The van der Waals surface area contributed by atoms with Crippen molar-refractivity contribution in [3.05, 3.63) is 41.3 Å². The van der Waals surface area contributed by atoms with E-state index in [9.17, 15) is 4.79 Å². The number of aromatic nitrogens is 3. The predicted octanol–water partition coefficient (Wildman–Crippen LogP) is 2.77. The normalized spacial score (nSPS) is 20.6. The second-order valence-corrected chi connectivity index (χ2v) is 7.53. The zero-order valence-corrected chi connectivity index (χ0v) is 15.4. The molecule has 1 amide bonds. The molecular formula is C20H27N5O. The highest BCUT2D eigenvalue weighted by Crippen LogP contribution is 2.21. The first-order valence-electron chi connectivity index (χ1n) is 9.70. The predicted molar refractivity (Wildman–Crippen MR) is 101 cm³/mol. The van der Waals surface area contributed by atoms with E-state index in [1.807, 2.05) is 25.1 Å². The van der Waals surface area contributed by atoms with Crippen LogP contribution in [0.3, 0.4) is 0 Å². The molecule has 0 bridgehead atoms. The SMILES string of the molecule is Cc1cccc(NC(=O)C2CCCN(Cc3cc4n(n3)CCCC4)C2)n1. The molecule has 1 saturated heterocycles. The quantitative estimate of drug-likeness (QED) is 0.918. The lowest BCUT2D eigenvalue weighted by molar-refractivity contribution is -0.121. The number of rotatable bonds is 4. The van der Waals surface area contributed by atoms with Crippen LogP contribution in [-0.2, 0) is 24.3 Å². The standard InChI is InChI=1S/C20H27N5O/c1-15-6-4-9-19(21-15)22-20(26)16-7-5-10-24(13-16)14-17-12-18-8-2-3-11-25(18)23-17/h4,6,9,12,16H,2-3,5,7-8,10-11,13-14H2,1H3,(H,21,22,26). The number of pyridine rings is 1. The fourth-order valence-electron chi connectivity index (χ4n) is 4.04. The van der Waals surface area contributed by atoms with E-state index in [1.165, 1.54) is 18.5 Å². The lowest BCUT2D eigenvalue weighted by Crippen LogP contribution is -2.40. The minimum atomic E-state index is 0.0169. The van der Waals surface area contributed by atoms with Crippen LogP contribution in [0.2, 0.25) is 0 Å². The van der Waals surface area contributed by atoms with Gasteiger partial charge >= 0.3 is 0 Å². The fraction of sp³-hybridized carbons (Fsp3) is 0.550. The van der Waals surface area contributed by atoms with Gasteiger partial charge in [-0.25, -0.2) is 4.98 Å². The van der Waals surface area contributed by atoms with Gasteiger partial charge in [0.05, 0.1) is 11.6 Å². The molecular weight excluding hydrogens is 326 g/mol. The van der Waals surface area contributed by atoms with Gasteiger partial charge in [-0.15, -0.1) is 0 Å². The van der Waals surface area contributed by atoms with Crippen LogP contribution >= 0.6 is 0 Å². The lowest BCUT2D eigenvalue weighted by atomic mass is 9.97. The highest BCUT2D eigenvalue weighted by molar-refractivity contribution is 5.91. The average Bonchev–Trinajstić information content (AvgIpc) is 3.04. The van der Waals surface area contributed by atoms with Gasteiger partial charge in [-0.3, -0.25) is 14.4 Å². The minimum Gasteiger partial charge on any atom is -0.310 e. The number of anilines is 1. The van der Waals surface area contributed by atoms with Crippen molar-refractivity contribution < 1.29 is 4.79 Å². The third-order valence-electron chi connectivity index (χ3n) is 5.37. The summed E-state index contributed by atoms with van der Waals surface area (Å²) in [6.45, 7) is 5.65. The van der Waals surface area contributed by atoms with Gasteiger partial charge in [0, 0.05) is 31.0 Å². The van der Waals surface area contributed by atoms with Gasteiger partial charge in [-0.1, -0.05) is 6.07 Å². The van der Waals surface area contributed by atoms with E-state index in [0.29, 0.717) is 5.82 Å². The van der Waals surface area contributed by atoms with E-state index >= 15 is 0 Å². The van der Waals surface area contributed by atoms with Gasteiger partial charge in [0.2, 0.25) is 5.91 Å². The molecule has 2 aromatic rings. The lowest BCUT2D eigenvalue weighted by Gasteiger charge is -2.31. The minimum absolute atomic E-state index is 0.0169. The number of nitrogens with one attached hydrogen (secondary N) is 1. The Kier molecular flexibility index (Phi) is 5.02. The van der Waals surface area contributed by atoms with Gasteiger partial charge in [-0.2, -0.15) is 5.10 Å². The molecule has 138 valence electrons. The molecule has 26 heavy (non-hydrogen) atoms. The maximum absolute atomic E-state index is 12.6. The van der Waals surface area contributed by atoms with Gasteiger partial charge in [0.25, 0.3) is 0 Å². The number of amides is 1. The van der Waals surface area contributed by atoms with Gasteiger partial charge in [0.1, 0.15) is 5.82 Å². The van der Waals surface area contributed by atoms with Gasteiger partial charge in [-0.05, 0) is 63.8 Å². The molecule has 4 heterocycles. The molecule has 6 nitrogen and oxygen atoms in total. The third-order valence-corrected chi connectivity index (χ3v) is 5.37. The molecule has 0 saturated carbocycles. The molecule has 1 fully saturated rings. The zero-order valence-electron chi connectivity index (χ0n) is 15.4. The molecule has 6 heteroatoms. The van der Waals surface area contributed by atoms with E-state index in [0.717, 1.165) is 56.8 Å². The maximum Gasteiger partial charge on any atom is 0.229 e. The van der Waals surface area contributed by atoms with Gasteiger partial charge < -0.3 is 5.32 Å². The van der Waals surface area contributed by atoms with Crippen molar-refractivity contribution in [2.24, 2.45) is 5.92 Å². The molecule has 0 aliphatic carbocycles. The molecule has 0 spiro atoms. The Labute approximate surface area is 154 Å². The summed E-state index contributed by atoms with van der Waals surface area (Å²) in [6, 6.07) is 7.95. The number of hydrogen-bond donors (Lipinski definition) is 1. The molecule has 2 aliphatic rings. The van der Waals surface area contributed by atoms with Crippen LogP contribution < -0.4 is 5.32 Å². The zero-order chi connectivity index (χ0) is 17.9. The van der Waals surface area contributed by atoms with Crippen molar-refractivity contribution in [3.63, 3.8) is 0 Å². The van der Waals surface area contributed by atoms with Crippen molar-refractivity contribution in [1.29, 1.82) is 0 Å². The Morgan fingerprint density at radius 1 is 1.27 bits per heavy atom. The molecule has 1 atom stereocenters. The Balaban J connectivity index is 1.36. The monoisotopic (exact) mass is 353 g/mol. The number of piperidine rings is 1. The third kappa shape index (κ3) is 3.96. The van der Waals surface area contributed by atoms with Crippen LogP contribution in [0.1, 0.15) is 42.8 Å². The number of aryl methyl sites for hydroxylation is 3. The number of carbonyl (C=O) groups is 1. The summed E-state index contributed by atoms with van der Waals surface area (Å²) in [5.74, 6) is 0.745. The molecule has 1 unspecified atom stereocenters. The van der Waals surface area contributed by atoms with Crippen molar-refractivity contribution in [2.45, 2.75) is 52.1 Å². The number of hydrogen-bond acceptors (Lipinski definition) is 4. The second kappa shape index (κ2) is 7.58.